The molecule has 1 aromatic rings. The summed E-state index contributed by atoms with van der Waals surface area (Å²) in [5.41, 5.74) is 6.06. The summed E-state index contributed by atoms with van der Waals surface area (Å²) in [6, 6.07) is 8.31. The molecule has 0 aliphatic carbocycles. The second-order valence-electron chi connectivity index (χ2n) is 7.05. The summed E-state index contributed by atoms with van der Waals surface area (Å²) >= 11 is 0. The molecular weight excluding hydrogens is 348 g/mol. The van der Waals surface area contributed by atoms with Crippen LogP contribution < -0.4 is 0 Å². The molecule has 2 heterocycles. The lowest BCUT2D eigenvalue weighted by molar-refractivity contribution is 0.285. The Hall–Kier alpha value is -1.88. The number of ether oxygens (including phenoxy) is 1. The van der Waals surface area contributed by atoms with E-state index in [2.05, 4.69) is 36.7 Å². The van der Waals surface area contributed by atoms with Crippen LogP contribution in [0.25, 0.3) is 5.70 Å². The van der Waals surface area contributed by atoms with Crippen LogP contribution in [-0.4, -0.2) is 37.5 Å². The largest absolute Gasteiger partial charge is 0.442 e. The van der Waals surface area contributed by atoms with Crippen LogP contribution in [0.1, 0.15) is 50.7 Å². The maximum absolute atomic E-state index is 12.2. The number of piperidine rings is 1. The Kier molecular flexibility index (Phi) is 5.66. The summed E-state index contributed by atoms with van der Waals surface area (Å²) in [5, 5.41) is 0. The molecule has 140 valence electrons. The number of hydrogen-bond acceptors (Lipinski definition) is 4. The second-order valence-corrected chi connectivity index (χ2v) is 9.31. The Morgan fingerprint density at radius 3 is 2.69 bits per heavy atom. The summed E-state index contributed by atoms with van der Waals surface area (Å²) in [7, 11) is -3.18. The molecule has 6 heteroatoms. The summed E-state index contributed by atoms with van der Waals surface area (Å²) < 4.78 is 31.5. The van der Waals surface area contributed by atoms with Crippen molar-refractivity contribution < 1.29 is 13.2 Å². The van der Waals surface area contributed by atoms with E-state index in [-0.39, 0.29) is 11.7 Å². The lowest BCUT2D eigenvalue weighted by atomic mass is 9.98. The monoisotopic (exact) mass is 374 g/mol. The molecule has 1 fully saturated rings. The van der Waals surface area contributed by atoms with Crippen LogP contribution in [0.2, 0.25) is 0 Å². The minimum Gasteiger partial charge on any atom is -0.442 e. The number of nitrogens with zero attached hydrogens (tertiary/aromatic N) is 2. The van der Waals surface area contributed by atoms with Gasteiger partial charge in [-0.05, 0) is 31.2 Å². The molecule has 2 aliphatic rings. The highest BCUT2D eigenvalue weighted by molar-refractivity contribution is 7.89. The van der Waals surface area contributed by atoms with Crippen molar-refractivity contribution in [1.29, 1.82) is 0 Å². The van der Waals surface area contributed by atoms with Crippen molar-refractivity contribution in [2.24, 2.45) is 10.9 Å². The van der Waals surface area contributed by atoms with Crippen LogP contribution in [-0.2, 0) is 14.8 Å². The highest BCUT2D eigenvalue weighted by Gasteiger charge is 2.31. The number of sulfonamides is 1. The fraction of sp³-hybridized carbons (Fsp3) is 0.500. The van der Waals surface area contributed by atoms with E-state index in [1.165, 1.54) is 11.8 Å². The molecule has 0 aromatic heterocycles. The van der Waals surface area contributed by atoms with Crippen molar-refractivity contribution in [2.45, 2.75) is 39.5 Å². The van der Waals surface area contributed by atoms with Gasteiger partial charge in [0.1, 0.15) is 12.0 Å². The standard InChI is InChI=1S/C20H26N2O3S/c1-4-26(23,24)22-12-5-6-18(14-22)20-21-19(11-13-25-20)17-9-7-16(8-10-17)15(2)3/h7-10,13,15,18H,4-6,12,14H2,1-3H3. The van der Waals surface area contributed by atoms with E-state index in [0.29, 0.717) is 24.9 Å². The molecule has 5 nitrogen and oxygen atoms in total. The number of benzene rings is 1. The van der Waals surface area contributed by atoms with Gasteiger partial charge in [0.05, 0.1) is 5.75 Å². The van der Waals surface area contributed by atoms with Crippen LogP contribution >= 0.6 is 0 Å². The Morgan fingerprint density at radius 2 is 2.04 bits per heavy atom. The molecule has 0 spiro atoms. The molecule has 26 heavy (non-hydrogen) atoms. The molecule has 0 bridgehead atoms. The zero-order valence-electron chi connectivity index (χ0n) is 15.6. The third-order valence-corrected chi connectivity index (χ3v) is 6.79. The predicted molar refractivity (Wildman–Crippen MR) is 104 cm³/mol. The molecule has 3 rings (SSSR count). The van der Waals surface area contributed by atoms with Crippen molar-refractivity contribution in [1.82, 2.24) is 4.31 Å². The Balaban J connectivity index is 1.79. The number of hydrogen-bond donors (Lipinski definition) is 0. The lowest BCUT2D eigenvalue weighted by Crippen LogP contribution is -2.43. The summed E-state index contributed by atoms with van der Waals surface area (Å²) in [6.45, 7) is 7.02. The first-order valence-corrected chi connectivity index (χ1v) is 10.8. The van der Waals surface area contributed by atoms with Crippen molar-refractivity contribution in [3.8, 4) is 0 Å². The molecule has 0 N–H and O–H groups in total. The van der Waals surface area contributed by atoms with Gasteiger partial charge in [-0.3, -0.25) is 0 Å². The maximum atomic E-state index is 12.2. The van der Waals surface area contributed by atoms with Gasteiger partial charge in [0.2, 0.25) is 10.0 Å². The highest BCUT2D eigenvalue weighted by atomic mass is 32.2. The van der Waals surface area contributed by atoms with Gasteiger partial charge >= 0.3 is 0 Å². The van der Waals surface area contributed by atoms with Gasteiger partial charge < -0.3 is 4.74 Å². The summed E-state index contributed by atoms with van der Waals surface area (Å²) in [6.07, 6.45) is 3.22. The van der Waals surface area contributed by atoms with Crippen LogP contribution in [0.4, 0.5) is 0 Å². The minimum absolute atomic E-state index is 0.0200. The fourth-order valence-corrected chi connectivity index (χ4v) is 4.43. The average molecular weight is 375 g/mol. The van der Waals surface area contributed by atoms with Crippen molar-refractivity contribution in [2.75, 3.05) is 18.8 Å². The molecule has 0 radical (unpaired) electrons. The fourth-order valence-electron chi connectivity index (χ4n) is 3.25. The first kappa shape index (κ1) is 18.9. The zero-order chi connectivity index (χ0) is 18.7. The van der Waals surface area contributed by atoms with Crippen LogP contribution in [0.3, 0.4) is 0 Å². The lowest BCUT2D eigenvalue weighted by Gasteiger charge is -2.31. The zero-order valence-corrected chi connectivity index (χ0v) is 16.4. The number of aliphatic imine (C=N–C) groups is 1. The Bertz CT molecular complexity index is 848. The van der Waals surface area contributed by atoms with E-state index in [4.69, 9.17) is 4.74 Å². The van der Waals surface area contributed by atoms with Gasteiger partial charge in [-0.25, -0.2) is 17.7 Å². The molecule has 1 atom stereocenters. The van der Waals surface area contributed by atoms with E-state index in [1.54, 1.807) is 11.2 Å². The van der Waals surface area contributed by atoms with Crippen LogP contribution in [0, 0.1) is 5.92 Å². The molecule has 0 saturated carbocycles. The van der Waals surface area contributed by atoms with Crippen molar-refractivity contribution in [3.63, 3.8) is 0 Å². The molecule has 1 unspecified atom stereocenters. The van der Waals surface area contributed by atoms with E-state index >= 15 is 0 Å². The van der Waals surface area contributed by atoms with E-state index in [0.717, 1.165) is 24.1 Å². The van der Waals surface area contributed by atoms with E-state index < -0.39 is 10.0 Å². The van der Waals surface area contributed by atoms with Gasteiger partial charge in [0.15, 0.2) is 5.90 Å². The maximum Gasteiger partial charge on any atom is 0.213 e. The Labute approximate surface area is 156 Å². The van der Waals surface area contributed by atoms with Crippen LogP contribution in [0.15, 0.2) is 41.3 Å². The minimum atomic E-state index is -3.18. The summed E-state index contributed by atoms with van der Waals surface area (Å²) in [5.74, 6) is 1.17. The highest BCUT2D eigenvalue weighted by Crippen LogP contribution is 2.26. The van der Waals surface area contributed by atoms with Crippen LogP contribution in [0.5, 0.6) is 0 Å². The quantitative estimate of drug-likeness (QED) is 0.738. The molecule has 1 aromatic carbocycles. The van der Waals surface area contributed by atoms with Gasteiger partial charge in [0.25, 0.3) is 0 Å². The SMILES string of the molecule is CCS(=O)(=O)N1CCCC(C2=NC(c3ccc(C(C)C)cc3)=C=CO2)C1. The second kappa shape index (κ2) is 7.78. The van der Waals surface area contributed by atoms with Crippen molar-refractivity contribution >= 4 is 21.6 Å². The smallest absolute Gasteiger partial charge is 0.213 e. The molecule has 2 aliphatic heterocycles. The molecular formula is C20H26N2O3S. The molecule has 1 saturated heterocycles. The topological polar surface area (TPSA) is 59.0 Å². The Morgan fingerprint density at radius 1 is 1.31 bits per heavy atom. The van der Waals surface area contributed by atoms with E-state index in [1.807, 2.05) is 12.1 Å². The molecule has 0 amide bonds. The third-order valence-electron chi connectivity index (χ3n) is 4.94. The third kappa shape index (κ3) is 4.09. The van der Waals surface area contributed by atoms with E-state index in [9.17, 15) is 8.42 Å². The average Bonchev–Trinajstić information content (AvgIpc) is 2.68. The van der Waals surface area contributed by atoms with Gasteiger partial charge in [-0.15, -0.1) is 0 Å². The predicted octanol–water partition coefficient (Wildman–Crippen LogP) is 3.75. The normalized spacial score (nSPS) is 21.3. The van der Waals surface area contributed by atoms with Gasteiger partial charge in [-0.2, -0.15) is 0 Å². The summed E-state index contributed by atoms with van der Waals surface area (Å²) in [4.78, 5) is 4.64. The number of rotatable bonds is 5. The van der Waals surface area contributed by atoms with Crippen molar-refractivity contribution in [3.05, 3.63) is 47.4 Å². The van der Waals surface area contributed by atoms with Gasteiger partial charge in [0, 0.05) is 24.6 Å². The first-order chi connectivity index (χ1) is 12.4. The first-order valence-electron chi connectivity index (χ1n) is 9.19. The van der Waals surface area contributed by atoms with Gasteiger partial charge in [-0.1, -0.05) is 43.8 Å².